The minimum absolute atomic E-state index is 0.361. The zero-order valence-corrected chi connectivity index (χ0v) is 12.6. The Bertz CT molecular complexity index is 542. The normalized spacial score (nSPS) is 16.3. The van der Waals surface area contributed by atoms with Crippen molar-refractivity contribution >= 4 is 27.6 Å². The Morgan fingerprint density at radius 1 is 1.15 bits per heavy atom. The summed E-state index contributed by atoms with van der Waals surface area (Å²) in [4.78, 5) is 26.2. The molecule has 1 heterocycles. The molecule has 1 saturated heterocycles. The number of rotatable bonds is 3. The highest BCUT2D eigenvalue weighted by molar-refractivity contribution is 9.10. The van der Waals surface area contributed by atoms with Crippen LogP contribution in [0.25, 0.3) is 0 Å². The Kier molecular flexibility index (Phi) is 4.91. The van der Waals surface area contributed by atoms with Crippen LogP contribution in [0.2, 0.25) is 0 Å². The Labute approximate surface area is 126 Å². The summed E-state index contributed by atoms with van der Waals surface area (Å²) in [5.74, 6) is -2.01. The maximum atomic E-state index is 12.3. The van der Waals surface area contributed by atoms with E-state index in [-0.39, 0.29) is 5.91 Å². The molecule has 4 nitrogen and oxygen atoms in total. The molecule has 0 N–H and O–H groups in total. The number of halogens is 1. The molecular formula is C15H15BrN2O2. The lowest BCUT2D eigenvalue weighted by atomic mass is 9.96. The summed E-state index contributed by atoms with van der Waals surface area (Å²) in [6.07, 6.45) is 2.98. The molecule has 1 aliphatic rings. The molecule has 20 heavy (non-hydrogen) atoms. The first kappa shape index (κ1) is 14.7. The second kappa shape index (κ2) is 6.67. The van der Waals surface area contributed by atoms with Crippen LogP contribution >= 0.6 is 15.9 Å². The smallest absolute Gasteiger partial charge is 0.247 e. The molecule has 1 aromatic rings. The van der Waals surface area contributed by atoms with Gasteiger partial charge in [-0.1, -0.05) is 28.1 Å². The molecule has 104 valence electrons. The molecule has 1 amide bonds. The van der Waals surface area contributed by atoms with Crippen molar-refractivity contribution in [2.24, 2.45) is 5.92 Å². The van der Waals surface area contributed by atoms with Gasteiger partial charge in [-0.05, 0) is 31.4 Å². The highest BCUT2D eigenvalue weighted by Crippen LogP contribution is 2.17. The summed E-state index contributed by atoms with van der Waals surface area (Å²) < 4.78 is 0.852. The Balaban J connectivity index is 2.15. The number of hydrogen-bond acceptors (Lipinski definition) is 3. The molecule has 0 aliphatic carbocycles. The van der Waals surface area contributed by atoms with E-state index < -0.39 is 11.7 Å². The first-order valence-electron chi connectivity index (χ1n) is 6.61. The molecule has 0 aromatic heterocycles. The van der Waals surface area contributed by atoms with E-state index in [4.69, 9.17) is 0 Å². The molecule has 2 rings (SSSR count). The van der Waals surface area contributed by atoms with Gasteiger partial charge in [0.2, 0.25) is 5.91 Å². The van der Waals surface area contributed by atoms with Gasteiger partial charge in [-0.25, -0.2) is 0 Å². The number of hydrogen-bond donors (Lipinski definition) is 0. The van der Waals surface area contributed by atoms with E-state index in [1.807, 2.05) is 6.07 Å². The number of carbonyl (C=O) groups excluding carboxylic acids is 2. The topological polar surface area (TPSA) is 61.2 Å². The highest BCUT2D eigenvalue weighted by Gasteiger charge is 2.31. The predicted octanol–water partition coefficient (Wildman–Crippen LogP) is 2.78. The number of piperidine rings is 1. The average Bonchev–Trinajstić information content (AvgIpc) is 2.49. The van der Waals surface area contributed by atoms with E-state index in [0.717, 1.165) is 23.7 Å². The molecule has 0 radical (unpaired) electrons. The van der Waals surface area contributed by atoms with Gasteiger partial charge < -0.3 is 4.90 Å². The SMILES string of the molecule is N#C[C@@H](C(=O)c1ccc(Br)cc1)C(=O)N1CCCCC1. The zero-order valence-electron chi connectivity index (χ0n) is 11.0. The molecular weight excluding hydrogens is 320 g/mol. The molecule has 1 aliphatic heterocycles. The number of Topliss-reactive ketones (excluding diaryl/α,β-unsaturated/α-hetero) is 1. The summed E-state index contributed by atoms with van der Waals surface area (Å²) >= 11 is 3.29. The summed E-state index contributed by atoms with van der Waals surface area (Å²) in [5, 5.41) is 9.19. The van der Waals surface area contributed by atoms with E-state index in [9.17, 15) is 14.9 Å². The van der Waals surface area contributed by atoms with Crippen molar-refractivity contribution in [1.29, 1.82) is 5.26 Å². The van der Waals surface area contributed by atoms with Crippen molar-refractivity contribution in [2.45, 2.75) is 19.3 Å². The van der Waals surface area contributed by atoms with E-state index in [2.05, 4.69) is 15.9 Å². The minimum atomic E-state index is -1.23. The number of nitrogens with zero attached hydrogens (tertiary/aromatic N) is 2. The highest BCUT2D eigenvalue weighted by atomic mass is 79.9. The number of benzene rings is 1. The van der Waals surface area contributed by atoms with Crippen molar-refractivity contribution in [1.82, 2.24) is 4.90 Å². The van der Waals surface area contributed by atoms with Crippen molar-refractivity contribution in [3.8, 4) is 6.07 Å². The summed E-state index contributed by atoms with van der Waals surface area (Å²) in [5.41, 5.74) is 0.394. The van der Waals surface area contributed by atoms with E-state index in [1.54, 1.807) is 29.2 Å². The lowest BCUT2D eigenvalue weighted by Gasteiger charge is -2.28. The first-order valence-corrected chi connectivity index (χ1v) is 7.41. The molecule has 1 aromatic carbocycles. The van der Waals surface area contributed by atoms with E-state index >= 15 is 0 Å². The van der Waals surface area contributed by atoms with E-state index in [1.165, 1.54) is 0 Å². The molecule has 0 spiro atoms. The van der Waals surface area contributed by atoms with Crippen molar-refractivity contribution in [3.05, 3.63) is 34.3 Å². The van der Waals surface area contributed by atoms with E-state index in [0.29, 0.717) is 18.7 Å². The van der Waals surface area contributed by atoms with Gasteiger partial charge in [-0.15, -0.1) is 0 Å². The summed E-state index contributed by atoms with van der Waals surface area (Å²) in [6.45, 7) is 1.29. The van der Waals surface area contributed by atoms with Crippen LogP contribution in [-0.2, 0) is 4.79 Å². The third-order valence-electron chi connectivity index (χ3n) is 3.43. The van der Waals surface area contributed by atoms with Gasteiger partial charge in [-0.3, -0.25) is 9.59 Å². The standard InChI is InChI=1S/C15H15BrN2O2/c16-12-6-4-11(5-7-12)14(19)13(10-17)15(20)18-8-2-1-3-9-18/h4-7,13H,1-3,8-9H2/t13-/m0/s1. The van der Waals surface area contributed by atoms with Gasteiger partial charge in [0.05, 0.1) is 6.07 Å². The first-order chi connectivity index (χ1) is 9.63. The average molecular weight is 335 g/mol. The molecule has 0 bridgehead atoms. The van der Waals surface area contributed by atoms with Crippen LogP contribution in [0.4, 0.5) is 0 Å². The van der Waals surface area contributed by atoms with Crippen LogP contribution in [0.1, 0.15) is 29.6 Å². The Morgan fingerprint density at radius 2 is 1.75 bits per heavy atom. The zero-order chi connectivity index (χ0) is 14.5. The minimum Gasteiger partial charge on any atom is -0.341 e. The summed E-state index contributed by atoms with van der Waals surface area (Å²) in [7, 11) is 0. The van der Waals surface area contributed by atoms with Gasteiger partial charge in [0.25, 0.3) is 0 Å². The molecule has 0 unspecified atom stereocenters. The second-order valence-corrected chi connectivity index (χ2v) is 5.73. The van der Waals surface area contributed by atoms with Gasteiger partial charge in [0.1, 0.15) is 0 Å². The lowest BCUT2D eigenvalue weighted by Crippen LogP contribution is -2.41. The van der Waals surface area contributed by atoms with Crippen LogP contribution in [0.15, 0.2) is 28.7 Å². The fourth-order valence-corrected chi connectivity index (χ4v) is 2.57. The number of likely N-dealkylation sites (tertiary alicyclic amines) is 1. The number of ketones is 1. The third kappa shape index (κ3) is 3.26. The van der Waals surface area contributed by atoms with Gasteiger partial charge in [0.15, 0.2) is 11.7 Å². The Hall–Kier alpha value is -1.67. The van der Waals surface area contributed by atoms with Crippen LogP contribution < -0.4 is 0 Å². The molecule has 5 heteroatoms. The largest absolute Gasteiger partial charge is 0.341 e. The fraction of sp³-hybridized carbons (Fsp3) is 0.400. The maximum absolute atomic E-state index is 12.3. The molecule has 1 atom stereocenters. The number of amides is 1. The van der Waals surface area contributed by atoms with Crippen LogP contribution in [-0.4, -0.2) is 29.7 Å². The second-order valence-electron chi connectivity index (χ2n) is 4.82. The maximum Gasteiger partial charge on any atom is 0.247 e. The van der Waals surface area contributed by atoms with Crippen LogP contribution in [0, 0.1) is 17.2 Å². The summed E-state index contributed by atoms with van der Waals surface area (Å²) in [6, 6.07) is 8.57. The fourth-order valence-electron chi connectivity index (χ4n) is 2.30. The monoisotopic (exact) mass is 334 g/mol. The number of carbonyl (C=O) groups is 2. The number of nitriles is 1. The molecule has 1 fully saturated rings. The third-order valence-corrected chi connectivity index (χ3v) is 3.96. The van der Waals surface area contributed by atoms with Crippen LogP contribution in [0.3, 0.4) is 0 Å². The Morgan fingerprint density at radius 3 is 2.30 bits per heavy atom. The van der Waals surface area contributed by atoms with Crippen molar-refractivity contribution in [2.75, 3.05) is 13.1 Å². The predicted molar refractivity (Wildman–Crippen MR) is 78.0 cm³/mol. The van der Waals surface area contributed by atoms with Gasteiger partial charge >= 0.3 is 0 Å². The van der Waals surface area contributed by atoms with Crippen LogP contribution in [0.5, 0.6) is 0 Å². The molecule has 0 saturated carbocycles. The van der Waals surface area contributed by atoms with Gasteiger partial charge in [-0.2, -0.15) is 5.26 Å². The quantitative estimate of drug-likeness (QED) is 0.630. The van der Waals surface area contributed by atoms with Crippen molar-refractivity contribution < 1.29 is 9.59 Å². The lowest BCUT2D eigenvalue weighted by molar-refractivity contribution is -0.133. The van der Waals surface area contributed by atoms with Gasteiger partial charge in [0, 0.05) is 23.1 Å². The van der Waals surface area contributed by atoms with Crippen molar-refractivity contribution in [3.63, 3.8) is 0 Å².